The van der Waals surface area contributed by atoms with Crippen molar-refractivity contribution in [2.45, 2.75) is 25.7 Å². The Kier molecular flexibility index (Phi) is 4.03. The van der Waals surface area contributed by atoms with Gasteiger partial charge in [0.05, 0.1) is 11.0 Å². The van der Waals surface area contributed by atoms with Gasteiger partial charge in [-0.1, -0.05) is 6.07 Å². The molecule has 26 heavy (non-hydrogen) atoms. The van der Waals surface area contributed by atoms with Crippen LogP contribution < -0.4 is 9.80 Å². The van der Waals surface area contributed by atoms with E-state index in [-0.39, 0.29) is 11.5 Å². The molecule has 2 aromatic rings. The molecule has 0 bridgehead atoms. The number of aromatic carboxylic acids is 1. The van der Waals surface area contributed by atoms with Gasteiger partial charge in [0.1, 0.15) is 0 Å². The Labute approximate surface area is 156 Å². The van der Waals surface area contributed by atoms with Gasteiger partial charge < -0.3 is 14.9 Å². The summed E-state index contributed by atoms with van der Waals surface area (Å²) in [6.07, 6.45) is 1.04. The van der Waals surface area contributed by atoms with Crippen LogP contribution >= 0.6 is 11.3 Å². The standard InChI is InChI=1S/C20H22N2O3S/c1-20(2)16-4-3-14(18(23)24)9-17(16)22(19(20)25)11-13-5-7-21(10-13)15-6-8-26-12-15/h3-4,6,8-9,12-13H,5,7,10-11H2,1-2H3,(H,23,24). The number of anilines is 2. The van der Waals surface area contributed by atoms with Crippen molar-refractivity contribution in [2.24, 2.45) is 5.92 Å². The zero-order chi connectivity index (χ0) is 18.5. The summed E-state index contributed by atoms with van der Waals surface area (Å²) < 4.78 is 0. The summed E-state index contributed by atoms with van der Waals surface area (Å²) in [5, 5.41) is 13.5. The van der Waals surface area contributed by atoms with Crippen LogP contribution in [0, 0.1) is 5.92 Å². The molecule has 2 aliphatic heterocycles. The van der Waals surface area contributed by atoms with Crippen molar-refractivity contribution < 1.29 is 14.7 Å². The molecule has 1 aromatic heterocycles. The van der Waals surface area contributed by atoms with E-state index < -0.39 is 11.4 Å². The van der Waals surface area contributed by atoms with Crippen LogP contribution in [0.1, 0.15) is 36.2 Å². The Balaban J connectivity index is 1.58. The van der Waals surface area contributed by atoms with Gasteiger partial charge in [0.15, 0.2) is 0 Å². The Bertz CT molecular complexity index is 860. The highest BCUT2D eigenvalue weighted by molar-refractivity contribution is 7.08. The summed E-state index contributed by atoms with van der Waals surface area (Å²) >= 11 is 1.69. The molecular weight excluding hydrogens is 348 g/mol. The number of hydrogen-bond donors (Lipinski definition) is 1. The SMILES string of the molecule is CC1(C)C(=O)N(CC2CCN(c3ccsc3)C2)c2cc(C(=O)O)ccc21. The molecule has 1 atom stereocenters. The number of benzene rings is 1. The zero-order valence-electron chi connectivity index (χ0n) is 14.9. The average molecular weight is 370 g/mol. The van der Waals surface area contributed by atoms with Gasteiger partial charge in [-0.05, 0) is 55.3 Å². The topological polar surface area (TPSA) is 60.9 Å². The lowest BCUT2D eigenvalue weighted by molar-refractivity contribution is -0.122. The summed E-state index contributed by atoms with van der Waals surface area (Å²) in [5.41, 5.74) is 2.54. The van der Waals surface area contributed by atoms with Gasteiger partial charge >= 0.3 is 5.97 Å². The molecule has 136 valence electrons. The van der Waals surface area contributed by atoms with Gasteiger partial charge in [-0.2, -0.15) is 11.3 Å². The number of carbonyl (C=O) groups excluding carboxylic acids is 1. The second-order valence-electron chi connectivity index (χ2n) is 7.66. The molecule has 2 aliphatic rings. The number of hydrogen-bond acceptors (Lipinski definition) is 4. The van der Waals surface area contributed by atoms with Gasteiger partial charge in [0, 0.05) is 36.4 Å². The van der Waals surface area contributed by atoms with Gasteiger partial charge in [0.2, 0.25) is 5.91 Å². The smallest absolute Gasteiger partial charge is 0.335 e. The minimum Gasteiger partial charge on any atom is -0.478 e. The summed E-state index contributed by atoms with van der Waals surface area (Å²) in [6, 6.07) is 7.16. The predicted molar refractivity (Wildman–Crippen MR) is 103 cm³/mol. The second-order valence-corrected chi connectivity index (χ2v) is 8.44. The van der Waals surface area contributed by atoms with Crippen molar-refractivity contribution in [3.63, 3.8) is 0 Å². The van der Waals surface area contributed by atoms with E-state index in [1.807, 2.05) is 18.7 Å². The van der Waals surface area contributed by atoms with Gasteiger partial charge in [-0.25, -0.2) is 4.79 Å². The van der Waals surface area contributed by atoms with Crippen LogP contribution in [-0.2, 0) is 10.2 Å². The monoisotopic (exact) mass is 370 g/mol. The van der Waals surface area contributed by atoms with Crippen LogP contribution in [0.25, 0.3) is 0 Å². The van der Waals surface area contributed by atoms with E-state index in [4.69, 9.17) is 0 Å². The molecule has 3 heterocycles. The molecule has 1 unspecified atom stereocenters. The van der Waals surface area contributed by atoms with Crippen molar-refractivity contribution in [2.75, 3.05) is 29.4 Å². The van der Waals surface area contributed by atoms with E-state index in [1.165, 1.54) is 5.69 Å². The van der Waals surface area contributed by atoms with Crippen LogP contribution in [0.5, 0.6) is 0 Å². The molecule has 1 amide bonds. The minimum absolute atomic E-state index is 0.0593. The van der Waals surface area contributed by atoms with Crippen molar-refractivity contribution in [1.29, 1.82) is 0 Å². The first-order valence-corrected chi connectivity index (χ1v) is 9.79. The second kappa shape index (κ2) is 6.13. The molecule has 4 rings (SSSR count). The zero-order valence-corrected chi connectivity index (χ0v) is 15.8. The highest BCUT2D eigenvalue weighted by Crippen LogP contribution is 2.43. The average Bonchev–Trinajstić information content (AvgIpc) is 3.32. The van der Waals surface area contributed by atoms with Crippen molar-refractivity contribution >= 4 is 34.6 Å². The maximum Gasteiger partial charge on any atom is 0.335 e. The van der Waals surface area contributed by atoms with Gasteiger partial charge in [0.25, 0.3) is 0 Å². The van der Waals surface area contributed by atoms with E-state index in [1.54, 1.807) is 29.5 Å². The molecule has 0 aliphatic carbocycles. The van der Waals surface area contributed by atoms with Gasteiger partial charge in [-0.15, -0.1) is 0 Å². The summed E-state index contributed by atoms with van der Waals surface area (Å²) in [7, 11) is 0. The number of nitrogens with zero attached hydrogens (tertiary/aromatic N) is 2. The van der Waals surface area contributed by atoms with Crippen LogP contribution in [0.2, 0.25) is 0 Å². The number of carbonyl (C=O) groups is 2. The van der Waals surface area contributed by atoms with Crippen LogP contribution in [-0.4, -0.2) is 36.6 Å². The van der Waals surface area contributed by atoms with E-state index in [2.05, 4.69) is 21.7 Å². The molecule has 5 nitrogen and oxygen atoms in total. The third-order valence-corrected chi connectivity index (χ3v) is 6.26. The van der Waals surface area contributed by atoms with Crippen molar-refractivity contribution in [3.8, 4) is 0 Å². The van der Waals surface area contributed by atoms with Crippen molar-refractivity contribution in [1.82, 2.24) is 0 Å². The first-order valence-electron chi connectivity index (χ1n) is 8.85. The fraction of sp³-hybridized carbons (Fsp3) is 0.400. The van der Waals surface area contributed by atoms with Crippen molar-refractivity contribution in [3.05, 3.63) is 46.2 Å². The quantitative estimate of drug-likeness (QED) is 0.893. The fourth-order valence-electron chi connectivity index (χ4n) is 4.07. The number of amides is 1. The molecule has 1 aromatic carbocycles. The third kappa shape index (κ3) is 2.69. The lowest BCUT2D eigenvalue weighted by Crippen LogP contribution is -2.39. The largest absolute Gasteiger partial charge is 0.478 e. The highest BCUT2D eigenvalue weighted by Gasteiger charge is 2.45. The van der Waals surface area contributed by atoms with Crippen LogP contribution in [0.4, 0.5) is 11.4 Å². The Morgan fingerprint density at radius 3 is 2.85 bits per heavy atom. The fourth-order valence-corrected chi connectivity index (χ4v) is 4.73. The maximum atomic E-state index is 13.0. The molecule has 1 N–H and O–H groups in total. The lowest BCUT2D eigenvalue weighted by atomic mass is 9.86. The third-order valence-electron chi connectivity index (χ3n) is 5.59. The van der Waals surface area contributed by atoms with E-state index >= 15 is 0 Å². The Hall–Kier alpha value is -2.34. The van der Waals surface area contributed by atoms with Gasteiger partial charge in [-0.3, -0.25) is 4.79 Å². The lowest BCUT2D eigenvalue weighted by Gasteiger charge is -2.24. The Morgan fingerprint density at radius 2 is 2.15 bits per heavy atom. The number of carboxylic acids is 1. The van der Waals surface area contributed by atoms with E-state index in [0.29, 0.717) is 12.5 Å². The summed E-state index contributed by atoms with van der Waals surface area (Å²) in [6.45, 7) is 6.39. The maximum absolute atomic E-state index is 13.0. The molecule has 1 saturated heterocycles. The molecule has 1 fully saturated rings. The molecule has 0 saturated carbocycles. The van der Waals surface area contributed by atoms with E-state index in [0.717, 1.165) is 30.8 Å². The molecular formula is C20H22N2O3S. The van der Waals surface area contributed by atoms with Crippen LogP contribution in [0.15, 0.2) is 35.0 Å². The molecule has 6 heteroatoms. The van der Waals surface area contributed by atoms with Crippen LogP contribution in [0.3, 0.4) is 0 Å². The predicted octanol–water partition coefficient (Wildman–Crippen LogP) is 3.60. The minimum atomic E-state index is -0.964. The summed E-state index contributed by atoms with van der Waals surface area (Å²) in [4.78, 5) is 28.6. The number of rotatable bonds is 4. The summed E-state index contributed by atoms with van der Waals surface area (Å²) in [5.74, 6) is -0.521. The molecule has 0 radical (unpaired) electrons. The number of fused-ring (bicyclic) bond motifs is 1. The Morgan fingerprint density at radius 1 is 1.35 bits per heavy atom. The first-order chi connectivity index (χ1) is 12.4. The van der Waals surface area contributed by atoms with E-state index in [9.17, 15) is 14.7 Å². The molecule has 0 spiro atoms. The number of carboxylic acid groups (broad SMARTS) is 1. The first kappa shape index (κ1) is 17.1. The normalized spacial score (nSPS) is 21.3. The highest BCUT2D eigenvalue weighted by atomic mass is 32.1. The number of thiophene rings is 1.